The summed E-state index contributed by atoms with van der Waals surface area (Å²) in [6.45, 7) is 5.65. The van der Waals surface area contributed by atoms with Crippen molar-refractivity contribution in [3.63, 3.8) is 0 Å². The number of benzene rings is 5. The molecule has 320 valence electrons. The second-order valence-electron chi connectivity index (χ2n) is 16.1. The fourth-order valence-electron chi connectivity index (χ4n) is 8.98. The number of hydrogen-bond donors (Lipinski definition) is 1. The van der Waals surface area contributed by atoms with Crippen molar-refractivity contribution in [3.8, 4) is 17.2 Å². The quantitative estimate of drug-likeness (QED) is 0.0928. The fourth-order valence-corrected chi connectivity index (χ4v) is 8.98. The van der Waals surface area contributed by atoms with E-state index in [0.717, 1.165) is 75.5 Å². The first-order valence-corrected chi connectivity index (χ1v) is 21.4. The SMILES string of the molecule is COCCOCCOCCNc1cc(COc2cc3c(cc2C)C(=O)N2c4ccccc4C[C@H]2CC3)cc(COc2cc3c(cc2OC)C(=O)N2c4ccccc4C[C@H]2C=N3)c1. The van der Waals surface area contributed by atoms with E-state index in [-0.39, 0.29) is 30.5 Å². The number of carbonyl (C=O) groups excluding carboxylic acids is 2. The van der Waals surface area contributed by atoms with Gasteiger partial charge in [-0.15, -0.1) is 0 Å². The number of rotatable bonds is 17. The Morgan fingerprint density at radius 3 is 2.11 bits per heavy atom. The van der Waals surface area contributed by atoms with Crippen LogP contribution in [-0.4, -0.2) is 83.9 Å². The number of aliphatic imine (C=N–C) groups is 1. The Morgan fingerprint density at radius 1 is 0.677 bits per heavy atom. The molecule has 2 amide bonds. The summed E-state index contributed by atoms with van der Waals surface area (Å²) in [5.74, 6) is 1.62. The van der Waals surface area contributed by atoms with Crippen molar-refractivity contribution in [2.45, 2.75) is 57.9 Å². The van der Waals surface area contributed by atoms with Gasteiger partial charge in [0.2, 0.25) is 0 Å². The minimum Gasteiger partial charge on any atom is -0.493 e. The highest BCUT2D eigenvalue weighted by atomic mass is 16.5. The predicted molar refractivity (Wildman–Crippen MR) is 239 cm³/mol. The predicted octanol–water partition coefficient (Wildman–Crippen LogP) is 8.06. The molecule has 9 rings (SSSR count). The lowest BCUT2D eigenvalue weighted by Crippen LogP contribution is -2.37. The average Bonchev–Trinajstić information content (AvgIpc) is 3.78. The maximum absolute atomic E-state index is 14.0. The van der Waals surface area contributed by atoms with Crippen LogP contribution >= 0.6 is 0 Å². The Bertz CT molecular complexity index is 2500. The van der Waals surface area contributed by atoms with Crippen molar-refractivity contribution in [2.75, 3.05) is 68.9 Å². The third-order valence-corrected chi connectivity index (χ3v) is 12.0. The van der Waals surface area contributed by atoms with E-state index >= 15 is 0 Å². The Hall–Kier alpha value is -6.21. The van der Waals surface area contributed by atoms with Crippen molar-refractivity contribution < 1.29 is 38.0 Å². The highest BCUT2D eigenvalue weighted by Crippen LogP contribution is 2.42. The first kappa shape index (κ1) is 41.2. The van der Waals surface area contributed by atoms with Crippen LogP contribution in [0.25, 0.3) is 0 Å². The number of hydrogen-bond acceptors (Lipinski definition) is 10. The second kappa shape index (κ2) is 18.4. The van der Waals surface area contributed by atoms with E-state index in [4.69, 9.17) is 33.4 Å². The van der Waals surface area contributed by atoms with Crippen LogP contribution in [0.4, 0.5) is 22.7 Å². The zero-order valence-electron chi connectivity index (χ0n) is 35.5. The van der Waals surface area contributed by atoms with Gasteiger partial charge in [-0.25, -0.2) is 0 Å². The number of fused-ring (bicyclic) bond motifs is 8. The van der Waals surface area contributed by atoms with Crippen molar-refractivity contribution in [2.24, 2.45) is 4.99 Å². The molecule has 5 aromatic carbocycles. The van der Waals surface area contributed by atoms with E-state index in [1.807, 2.05) is 65.4 Å². The van der Waals surface area contributed by atoms with Crippen LogP contribution in [-0.2, 0) is 46.7 Å². The van der Waals surface area contributed by atoms with Gasteiger partial charge in [0, 0.05) is 61.0 Å². The zero-order chi connectivity index (χ0) is 42.6. The van der Waals surface area contributed by atoms with Gasteiger partial charge in [0.15, 0.2) is 11.5 Å². The Kier molecular flexibility index (Phi) is 12.2. The van der Waals surface area contributed by atoms with E-state index in [1.165, 1.54) is 5.56 Å². The lowest BCUT2D eigenvalue weighted by Gasteiger charge is -2.23. The summed E-state index contributed by atoms with van der Waals surface area (Å²) >= 11 is 0. The first-order chi connectivity index (χ1) is 30.4. The highest BCUT2D eigenvalue weighted by Gasteiger charge is 2.38. The number of anilines is 3. The standard InChI is InChI=1S/C50H52N4O8/c1-32-20-41-35(12-13-39-24-36-8-4-6-10-44(36)53(39)49(41)55)26-46(32)61-30-33-21-34(23-38(22-33)51-14-15-59-18-19-60-17-16-57-2)31-62-48-28-43-42(27-47(48)58-3)50(56)54-40(29-52-43)25-37-9-5-7-11-45(37)54/h4-11,20-23,26-29,39-40,51H,12-19,24-25,30-31H2,1-3H3/t39-,40+/m1/s1. The lowest BCUT2D eigenvalue weighted by molar-refractivity contribution is 0.0272. The molecule has 4 heterocycles. The molecule has 62 heavy (non-hydrogen) atoms. The van der Waals surface area contributed by atoms with E-state index < -0.39 is 0 Å². The van der Waals surface area contributed by atoms with Crippen LogP contribution in [0, 0.1) is 6.92 Å². The summed E-state index contributed by atoms with van der Waals surface area (Å²) in [7, 11) is 3.22. The average molecular weight is 837 g/mol. The zero-order valence-corrected chi connectivity index (χ0v) is 35.5. The first-order valence-electron chi connectivity index (χ1n) is 21.4. The summed E-state index contributed by atoms with van der Waals surface area (Å²) in [4.78, 5) is 36.6. The molecule has 0 fully saturated rings. The van der Waals surface area contributed by atoms with Crippen LogP contribution < -0.4 is 29.3 Å². The molecule has 0 aromatic heterocycles. The second-order valence-corrected chi connectivity index (χ2v) is 16.1. The van der Waals surface area contributed by atoms with Gasteiger partial charge in [0.05, 0.1) is 57.4 Å². The number of nitrogens with zero attached hydrogens (tertiary/aromatic N) is 3. The molecule has 0 radical (unpaired) electrons. The largest absolute Gasteiger partial charge is 0.493 e. The molecule has 0 bridgehead atoms. The third kappa shape index (κ3) is 8.50. The molecule has 0 spiro atoms. The van der Waals surface area contributed by atoms with Gasteiger partial charge in [0.1, 0.15) is 19.0 Å². The van der Waals surface area contributed by atoms with Crippen LogP contribution in [0.3, 0.4) is 0 Å². The molecule has 4 aliphatic rings. The molecule has 5 aromatic rings. The van der Waals surface area contributed by atoms with Crippen molar-refractivity contribution >= 4 is 40.8 Å². The van der Waals surface area contributed by atoms with Crippen molar-refractivity contribution in [1.82, 2.24) is 0 Å². The summed E-state index contributed by atoms with van der Waals surface area (Å²) < 4.78 is 35.1. The van der Waals surface area contributed by atoms with Gasteiger partial charge in [-0.05, 0) is 108 Å². The Balaban J connectivity index is 0.918. The fraction of sp³-hybridized carbons (Fsp3) is 0.340. The van der Waals surface area contributed by atoms with Crippen molar-refractivity contribution in [3.05, 3.63) is 136 Å². The number of amides is 2. The molecule has 12 nitrogen and oxygen atoms in total. The molecule has 0 unspecified atom stereocenters. The van der Waals surface area contributed by atoms with Gasteiger partial charge in [0.25, 0.3) is 11.8 Å². The molecule has 1 N–H and O–H groups in total. The summed E-state index contributed by atoms with van der Waals surface area (Å²) in [5.41, 5.74) is 10.7. The Labute approximate surface area is 362 Å². The van der Waals surface area contributed by atoms with Crippen LogP contribution in [0.5, 0.6) is 17.2 Å². The van der Waals surface area contributed by atoms with Crippen molar-refractivity contribution in [1.29, 1.82) is 0 Å². The van der Waals surface area contributed by atoms with Crippen LogP contribution in [0.15, 0.2) is 96.0 Å². The number of methoxy groups -OCH3 is 2. The van der Waals surface area contributed by atoms with Gasteiger partial charge in [-0.2, -0.15) is 0 Å². The van der Waals surface area contributed by atoms with E-state index in [2.05, 4.69) is 41.7 Å². The van der Waals surface area contributed by atoms with Gasteiger partial charge >= 0.3 is 0 Å². The molecule has 12 heteroatoms. The molecule has 2 atom stereocenters. The molecular formula is C50H52N4O8. The molecule has 0 saturated carbocycles. The normalized spacial score (nSPS) is 17.0. The smallest absolute Gasteiger partial charge is 0.261 e. The molecular weight excluding hydrogens is 785 g/mol. The summed E-state index contributed by atoms with van der Waals surface area (Å²) in [5, 5.41) is 3.50. The van der Waals surface area contributed by atoms with E-state index in [0.29, 0.717) is 75.4 Å². The number of carbonyl (C=O) groups is 2. The van der Waals surface area contributed by atoms with Gasteiger partial charge < -0.3 is 38.6 Å². The maximum atomic E-state index is 14.0. The summed E-state index contributed by atoms with van der Waals surface area (Å²) in [6.07, 6.45) is 5.14. The monoisotopic (exact) mass is 836 g/mol. The third-order valence-electron chi connectivity index (χ3n) is 12.0. The van der Waals surface area contributed by atoms with Crippen LogP contribution in [0.1, 0.15) is 60.5 Å². The topological polar surface area (TPSA) is 120 Å². The number of ether oxygens (including phenoxy) is 6. The Morgan fingerprint density at radius 2 is 1.35 bits per heavy atom. The number of nitrogens with one attached hydrogen (secondary N) is 1. The van der Waals surface area contributed by atoms with Crippen LogP contribution in [0.2, 0.25) is 0 Å². The maximum Gasteiger partial charge on any atom is 0.261 e. The highest BCUT2D eigenvalue weighted by molar-refractivity contribution is 6.15. The molecule has 0 saturated heterocycles. The number of para-hydroxylation sites is 2. The van der Waals surface area contributed by atoms with E-state index in [1.54, 1.807) is 26.4 Å². The minimum atomic E-state index is -0.161. The van der Waals surface area contributed by atoms with Gasteiger partial charge in [-0.3, -0.25) is 19.5 Å². The van der Waals surface area contributed by atoms with Gasteiger partial charge in [-0.1, -0.05) is 36.4 Å². The minimum absolute atomic E-state index is 0.0590. The summed E-state index contributed by atoms with van der Waals surface area (Å²) in [6, 6.07) is 30.0. The lowest BCUT2D eigenvalue weighted by atomic mass is 9.98. The molecule has 0 aliphatic carbocycles. The number of aryl methyl sites for hydroxylation is 2. The van der Waals surface area contributed by atoms with E-state index in [9.17, 15) is 9.59 Å². The molecule has 4 aliphatic heterocycles.